The first-order valence-corrected chi connectivity index (χ1v) is 35.3. The molecule has 3 N–H and O–H groups in total. The summed E-state index contributed by atoms with van der Waals surface area (Å²) in [7, 11) is 0. The molecule has 0 aromatic heterocycles. The fraction of sp³-hybridized carbons (Fsp3) is 0.637. The number of carbonyl (C=O) groups excluding carboxylic acids is 1. The molecule has 4 nitrogen and oxygen atoms in total. The summed E-state index contributed by atoms with van der Waals surface area (Å²) in [6.07, 6.45) is 117. The van der Waals surface area contributed by atoms with Crippen molar-refractivity contribution in [3.63, 3.8) is 0 Å². The summed E-state index contributed by atoms with van der Waals surface area (Å²) in [5.74, 6) is -0.120. The predicted molar refractivity (Wildman–Crippen MR) is 377 cm³/mol. The molecule has 0 aliphatic carbocycles. The van der Waals surface area contributed by atoms with E-state index in [0.717, 1.165) is 116 Å². The van der Waals surface area contributed by atoms with E-state index in [-0.39, 0.29) is 12.5 Å². The molecule has 476 valence electrons. The van der Waals surface area contributed by atoms with Gasteiger partial charge in [-0.3, -0.25) is 4.79 Å². The summed E-state index contributed by atoms with van der Waals surface area (Å²) < 4.78 is 0. The Morgan fingerprint density at radius 1 is 0.298 bits per heavy atom. The Morgan fingerprint density at radius 2 is 0.536 bits per heavy atom. The van der Waals surface area contributed by atoms with E-state index in [0.29, 0.717) is 6.42 Å². The van der Waals surface area contributed by atoms with Crippen LogP contribution in [-0.2, 0) is 4.79 Å². The Morgan fingerprint density at radius 3 is 0.833 bits per heavy atom. The van der Waals surface area contributed by atoms with Crippen molar-refractivity contribution in [2.75, 3.05) is 6.61 Å². The van der Waals surface area contributed by atoms with Crippen LogP contribution in [0.2, 0.25) is 0 Å². The Labute approximate surface area is 521 Å². The SMILES string of the molecule is CC/C=C\C/C=C\C/C=C\C/C=C\C/C=C\C/C=C\C/C=C\C/C=C\C/C=C\C/C=C\C/C=C\C/C=C\CCCCC(=O)NC(CO)C(O)/C=C/CC/C=C/CCCCCCCCCCCCCCCCCCCCCCCCCCCCC. The normalized spacial score (nSPS) is 13.8. The zero-order valence-electron chi connectivity index (χ0n) is 54.9. The lowest BCUT2D eigenvalue weighted by Crippen LogP contribution is -2.45. The highest BCUT2D eigenvalue weighted by Gasteiger charge is 2.18. The zero-order chi connectivity index (χ0) is 60.5. The molecule has 0 fully saturated rings. The summed E-state index contributed by atoms with van der Waals surface area (Å²) in [4.78, 5) is 12.5. The number of aliphatic hydroxyl groups excluding tert-OH is 2. The summed E-state index contributed by atoms with van der Waals surface area (Å²) in [5, 5.41) is 23.2. The van der Waals surface area contributed by atoms with E-state index >= 15 is 0 Å². The number of allylic oxidation sites excluding steroid dienone is 27. The Kier molecular flexibility index (Phi) is 69.3. The lowest BCUT2D eigenvalue weighted by atomic mass is 10.0. The van der Waals surface area contributed by atoms with Crippen LogP contribution in [0.4, 0.5) is 0 Å². The second kappa shape index (κ2) is 73.0. The largest absolute Gasteiger partial charge is 0.394 e. The number of aliphatic hydroxyl groups is 2. The summed E-state index contributed by atoms with van der Waals surface area (Å²) in [5.41, 5.74) is 0. The lowest BCUT2D eigenvalue weighted by molar-refractivity contribution is -0.123. The van der Waals surface area contributed by atoms with Gasteiger partial charge >= 0.3 is 0 Å². The van der Waals surface area contributed by atoms with Crippen LogP contribution in [0.5, 0.6) is 0 Å². The van der Waals surface area contributed by atoms with Crippen molar-refractivity contribution in [3.05, 3.63) is 170 Å². The first-order chi connectivity index (χ1) is 41.7. The number of hydrogen-bond acceptors (Lipinski definition) is 3. The minimum absolute atomic E-state index is 0.120. The van der Waals surface area contributed by atoms with Crippen LogP contribution in [0, 0.1) is 0 Å². The number of unbranched alkanes of at least 4 members (excludes halogenated alkanes) is 30. The van der Waals surface area contributed by atoms with Gasteiger partial charge < -0.3 is 15.5 Å². The summed E-state index contributed by atoms with van der Waals surface area (Å²) >= 11 is 0. The Bertz CT molecular complexity index is 1790. The van der Waals surface area contributed by atoms with Crippen molar-refractivity contribution in [2.24, 2.45) is 0 Å². The van der Waals surface area contributed by atoms with Gasteiger partial charge in [0.25, 0.3) is 0 Å². The van der Waals surface area contributed by atoms with Crippen LogP contribution in [0.15, 0.2) is 170 Å². The fourth-order valence-corrected chi connectivity index (χ4v) is 9.88. The van der Waals surface area contributed by atoms with Gasteiger partial charge in [-0.2, -0.15) is 0 Å². The molecule has 0 radical (unpaired) electrons. The number of carbonyl (C=O) groups is 1. The van der Waals surface area contributed by atoms with Gasteiger partial charge in [0.1, 0.15) is 0 Å². The molecule has 2 unspecified atom stereocenters. The van der Waals surface area contributed by atoms with Crippen LogP contribution in [-0.4, -0.2) is 34.9 Å². The van der Waals surface area contributed by atoms with E-state index in [1.54, 1.807) is 6.08 Å². The molecule has 0 aromatic carbocycles. The van der Waals surface area contributed by atoms with Crippen molar-refractivity contribution in [1.29, 1.82) is 0 Å². The quantitative estimate of drug-likeness (QED) is 0.0420. The van der Waals surface area contributed by atoms with Gasteiger partial charge in [0.15, 0.2) is 0 Å². The van der Waals surface area contributed by atoms with E-state index in [1.165, 1.54) is 173 Å². The van der Waals surface area contributed by atoms with Gasteiger partial charge in [-0.05, 0) is 122 Å². The lowest BCUT2D eigenvalue weighted by Gasteiger charge is -2.19. The maximum Gasteiger partial charge on any atom is 0.220 e. The molecule has 0 aliphatic rings. The first-order valence-electron chi connectivity index (χ1n) is 35.3. The monoisotopic (exact) mass is 1160 g/mol. The van der Waals surface area contributed by atoms with Gasteiger partial charge in [-0.1, -0.05) is 351 Å². The van der Waals surface area contributed by atoms with E-state index < -0.39 is 12.1 Å². The number of nitrogens with one attached hydrogen (secondary N) is 1. The molecule has 0 rings (SSSR count). The van der Waals surface area contributed by atoms with Gasteiger partial charge in [-0.15, -0.1) is 0 Å². The Balaban J connectivity index is 3.67. The molecule has 1 amide bonds. The highest BCUT2D eigenvalue weighted by atomic mass is 16.3. The maximum absolute atomic E-state index is 12.5. The van der Waals surface area contributed by atoms with Crippen molar-refractivity contribution in [2.45, 2.75) is 321 Å². The van der Waals surface area contributed by atoms with Crippen molar-refractivity contribution in [1.82, 2.24) is 5.32 Å². The molecule has 0 spiro atoms. The minimum Gasteiger partial charge on any atom is -0.394 e. The molecule has 0 heterocycles. The second-order valence-corrected chi connectivity index (χ2v) is 23.2. The second-order valence-electron chi connectivity index (χ2n) is 23.2. The molecule has 0 aliphatic heterocycles. The van der Waals surface area contributed by atoms with Crippen molar-refractivity contribution in [3.8, 4) is 0 Å². The van der Waals surface area contributed by atoms with Crippen LogP contribution in [0.25, 0.3) is 0 Å². The molecular weight excluding hydrogens is 1020 g/mol. The Hall–Kier alpha value is -4.25. The predicted octanol–water partition coefficient (Wildman–Crippen LogP) is 24.6. The number of hydrogen-bond donors (Lipinski definition) is 3. The number of amides is 1. The third kappa shape index (κ3) is 68.5. The molecule has 84 heavy (non-hydrogen) atoms. The third-order valence-corrected chi connectivity index (χ3v) is 15.2. The average Bonchev–Trinajstić information content (AvgIpc) is 3.51. The summed E-state index contributed by atoms with van der Waals surface area (Å²) in [6, 6.07) is -0.678. The topological polar surface area (TPSA) is 69.6 Å². The molecule has 0 saturated carbocycles. The van der Waals surface area contributed by atoms with Gasteiger partial charge in [0.05, 0.1) is 18.8 Å². The summed E-state index contributed by atoms with van der Waals surface area (Å²) in [6.45, 7) is 4.18. The van der Waals surface area contributed by atoms with E-state index in [4.69, 9.17) is 0 Å². The van der Waals surface area contributed by atoms with Crippen LogP contribution < -0.4 is 5.32 Å². The van der Waals surface area contributed by atoms with Crippen molar-refractivity contribution < 1.29 is 15.0 Å². The first kappa shape index (κ1) is 79.8. The molecule has 0 saturated heterocycles. The fourth-order valence-electron chi connectivity index (χ4n) is 9.88. The highest BCUT2D eigenvalue weighted by molar-refractivity contribution is 5.76. The zero-order valence-corrected chi connectivity index (χ0v) is 54.9. The van der Waals surface area contributed by atoms with Crippen LogP contribution in [0.1, 0.15) is 309 Å². The maximum atomic E-state index is 12.5. The van der Waals surface area contributed by atoms with Gasteiger partial charge in [0, 0.05) is 6.42 Å². The molecular formula is C80H133NO3. The standard InChI is InChI=1S/C80H133NO3/c1-3-5-7-9-11-13-15-17-19-21-23-25-27-29-31-33-35-37-38-39-40-41-42-44-46-48-50-52-54-56-58-60-62-64-66-68-70-72-74-76-80(84)81-78(77-82)79(83)75-73-71-69-67-65-63-61-59-57-55-53-51-49-47-45-43-36-34-32-30-28-26-24-22-20-18-16-14-12-10-8-6-4-2/h5,7,11,13,17,19,23,25,29,31,35,37,39-40,42,44,48,50,54,56,60,62,65-68,73,75,78-79,82-83H,3-4,6,8-10,12,14-16,18,20-22,24,26-28,30,32-34,36,38,41,43,45-47,49,51-53,55,57-59,61,63-64,69-72,74,76-77H2,1-2H3,(H,81,84)/b7-5-,13-11-,19-17-,25-23-,31-29-,37-35-,40-39-,44-42-,50-48-,56-54-,62-60-,67-65+,68-66-,75-73+. The van der Waals surface area contributed by atoms with Gasteiger partial charge in [0.2, 0.25) is 5.91 Å². The molecule has 2 atom stereocenters. The van der Waals surface area contributed by atoms with E-state index in [2.05, 4.69) is 177 Å². The molecule has 4 heteroatoms. The van der Waals surface area contributed by atoms with Crippen molar-refractivity contribution >= 4 is 5.91 Å². The third-order valence-electron chi connectivity index (χ3n) is 15.2. The highest BCUT2D eigenvalue weighted by Crippen LogP contribution is 2.17. The number of rotatable bonds is 63. The van der Waals surface area contributed by atoms with Gasteiger partial charge in [-0.25, -0.2) is 0 Å². The molecule has 0 bridgehead atoms. The smallest absolute Gasteiger partial charge is 0.220 e. The van der Waals surface area contributed by atoms with Crippen LogP contribution >= 0.6 is 0 Å². The average molecular weight is 1160 g/mol. The van der Waals surface area contributed by atoms with Crippen LogP contribution in [0.3, 0.4) is 0 Å². The van der Waals surface area contributed by atoms with E-state index in [9.17, 15) is 15.0 Å². The van der Waals surface area contributed by atoms with E-state index in [1.807, 2.05) is 6.08 Å². The minimum atomic E-state index is -0.896. The molecule has 0 aromatic rings.